The normalized spacial score (nSPS) is 17.1. The van der Waals surface area contributed by atoms with Gasteiger partial charge in [0.15, 0.2) is 0 Å². The van der Waals surface area contributed by atoms with Crippen molar-refractivity contribution in [1.29, 1.82) is 0 Å². The average Bonchev–Trinajstić information content (AvgIpc) is 3.85. The molecule has 1 aliphatic carbocycles. The number of nitrogens with one attached hydrogen (secondary N) is 1. The van der Waals surface area contributed by atoms with Gasteiger partial charge < -0.3 is 14.0 Å². The Balaban J connectivity index is 0.925. The van der Waals surface area contributed by atoms with Crippen molar-refractivity contribution in [1.82, 2.24) is 14.5 Å². The van der Waals surface area contributed by atoms with Gasteiger partial charge in [-0.05, 0) is 125 Å². The minimum atomic E-state index is -0.351. The van der Waals surface area contributed by atoms with Crippen LogP contribution in [0.1, 0.15) is 47.5 Å². The molecule has 0 radical (unpaired) electrons. The number of para-hydroxylation sites is 2. The fourth-order valence-electron chi connectivity index (χ4n) is 10.5. The Morgan fingerprint density at radius 1 is 0.516 bits per heavy atom. The van der Waals surface area contributed by atoms with Gasteiger partial charge in [-0.2, -0.15) is 0 Å². The number of benzene rings is 8. The minimum absolute atomic E-state index is 0.0152. The van der Waals surface area contributed by atoms with Crippen LogP contribution in [0.4, 0.5) is 5.69 Å². The van der Waals surface area contributed by atoms with Gasteiger partial charge in [0.25, 0.3) is 0 Å². The molecule has 0 bridgehead atoms. The molecule has 8 aromatic carbocycles. The number of allylic oxidation sites excluding steroid dienone is 1. The summed E-state index contributed by atoms with van der Waals surface area (Å²) in [5.41, 5.74) is 18.3. The highest BCUT2D eigenvalue weighted by Gasteiger charge is 2.40. The molecule has 0 amide bonds. The number of rotatable bonds is 6. The molecule has 12 rings (SSSR count). The third kappa shape index (κ3) is 5.71. The van der Waals surface area contributed by atoms with Crippen molar-refractivity contribution in [3.05, 3.63) is 228 Å². The van der Waals surface area contributed by atoms with E-state index in [4.69, 9.17) is 0 Å². The lowest BCUT2D eigenvalue weighted by molar-refractivity contribution is 0.346. The molecule has 2 atom stereocenters. The quantitative estimate of drug-likeness (QED) is 0.181. The number of anilines is 1. The van der Waals surface area contributed by atoms with Gasteiger partial charge >= 0.3 is 0 Å². The smallest absolute Gasteiger partial charge is 0.106 e. The predicted octanol–water partition coefficient (Wildman–Crippen LogP) is 14.0. The topological polar surface area (TPSA) is 25.1 Å². The molecule has 10 aromatic rings. The highest BCUT2D eigenvalue weighted by Crippen LogP contribution is 2.45. The van der Waals surface area contributed by atoms with E-state index in [1.165, 1.54) is 94.3 Å². The second-order valence-electron chi connectivity index (χ2n) is 17.1. The number of aromatic nitrogens is 2. The van der Waals surface area contributed by atoms with Crippen LogP contribution in [0.25, 0.3) is 72.4 Å². The minimum Gasteiger partial charge on any atom is -0.355 e. The Bertz CT molecular complexity index is 3340. The number of fused-ring (bicyclic) bond motifs is 7. The van der Waals surface area contributed by atoms with Gasteiger partial charge in [-0.1, -0.05) is 146 Å². The number of hydrogen-bond acceptors (Lipinski definition) is 2. The first-order valence-corrected chi connectivity index (χ1v) is 21.8. The van der Waals surface area contributed by atoms with Gasteiger partial charge in [0.05, 0.1) is 22.1 Å². The van der Waals surface area contributed by atoms with E-state index in [2.05, 4.69) is 240 Å². The molecule has 2 aliphatic rings. The highest BCUT2D eigenvalue weighted by atomic mass is 15.3. The van der Waals surface area contributed by atoms with E-state index >= 15 is 0 Å². The van der Waals surface area contributed by atoms with Crippen LogP contribution < -0.4 is 10.2 Å². The van der Waals surface area contributed by atoms with E-state index in [1.54, 1.807) is 0 Å². The summed E-state index contributed by atoms with van der Waals surface area (Å²) in [4.78, 5) is 2.37. The molecule has 3 heterocycles. The molecule has 0 spiro atoms. The van der Waals surface area contributed by atoms with Crippen LogP contribution in [0.15, 0.2) is 200 Å². The van der Waals surface area contributed by atoms with Crippen molar-refractivity contribution >= 4 is 44.5 Å². The van der Waals surface area contributed by atoms with Crippen LogP contribution in [0.5, 0.6) is 0 Å². The maximum Gasteiger partial charge on any atom is 0.106 e. The molecule has 0 saturated carbocycles. The standard InChI is InChI=1S/C58H46N4/c1-58(44-17-7-4-8-18-44)51-21-11-14-24-55(51)60(2)57(59-58)41-27-33-45(34-28-41)61-53-23-13-10-20-48(53)50-37-42(30-36-54(50)61)43-29-35-49-47-19-9-12-22-52(47)62(56(49)38-43)46-31-25-40(26-32-46)39-15-5-3-6-16-39/h3-8,10-18,20-38,57,59H,9,19H2,1-2H3. The summed E-state index contributed by atoms with van der Waals surface area (Å²) in [7, 11) is 2.20. The number of nitrogens with zero attached hydrogens (tertiary/aromatic N) is 3. The molecular formula is C58H46N4. The first kappa shape index (κ1) is 36.5. The molecule has 4 nitrogen and oxygen atoms in total. The summed E-state index contributed by atoms with van der Waals surface area (Å²) in [6, 6.07) is 71.4. The van der Waals surface area contributed by atoms with Gasteiger partial charge in [-0.3, -0.25) is 5.32 Å². The monoisotopic (exact) mass is 798 g/mol. The predicted molar refractivity (Wildman–Crippen MR) is 259 cm³/mol. The molecule has 298 valence electrons. The van der Waals surface area contributed by atoms with Crippen molar-refractivity contribution in [3.63, 3.8) is 0 Å². The van der Waals surface area contributed by atoms with Crippen molar-refractivity contribution in [2.45, 2.75) is 31.5 Å². The van der Waals surface area contributed by atoms with Gasteiger partial charge in [-0.15, -0.1) is 0 Å². The average molecular weight is 799 g/mol. The van der Waals surface area contributed by atoms with E-state index < -0.39 is 0 Å². The summed E-state index contributed by atoms with van der Waals surface area (Å²) < 4.78 is 4.89. The molecule has 4 heteroatoms. The Hall–Kier alpha value is -7.40. The molecule has 1 N–H and O–H groups in total. The second kappa shape index (κ2) is 14.4. The SMILES string of the molecule is CN1c2ccccc2C(C)(c2ccccc2)NC1c1ccc(-n2c3ccccc3c3cc(-c4ccc5c6c(n(-c7ccc(-c8ccccc8)cc7)c5c4)C=CCC6)ccc32)cc1. The second-order valence-corrected chi connectivity index (χ2v) is 17.1. The first-order valence-electron chi connectivity index (χ1n) is 21.8. The van der Waals surface area contributed by atoms with Gasteiger partial charge in [0.1, 0.15) is 6.17 Å². The van der Waals surface area contributed by atoms with Gasteiger partial charge in [0.2, 0.25) is 0 Å². The van der Waals surface area contributed by atoms with E-state index in [0.29, 0.717) is 0 Å². The van der Waals surface area contributed by atoms with Crippen LogP contribution in [-0.4, -0.2) is 16.2 Å². The Morgan fingerprint density at radius 2 is 1.15 bits per heavy atom. The van der Waals surface area contributed by atoms with Crippen molar-refractivity contribution in [2.24, 2.45) is 0 Å². The Morgan fingerprint density at radius 3 is 1.97 bits per heavy atom. The van der Waals surface area contributed by atoms with E-state index in [9.17, 15) is 0 Å². The van der Waals surface area contributed by atoms with Crippen molar-refractivity contribution < 1.29 is 0 Å². The van der Waals surface area contributed by atoms with Crippen LogP contribution in [0, 0.1) is 0 Å². The lowest BCUT2D eigenvalue weighted by Gasteiger charge is -2.47. The van der Waals surface area contributed by atoms with Crippen molar-refractivity contribution in [2.75, 3.05) is 11.9 Å². The van der Waals surface area contributed by atoms with Crippen LogP contribution in [0.3, 0.4) is 0 Å². The lowest BCUT2D eigenvalue weighted by atomic mass is 9.80. The molecule has 2 unspecified atom stereocenters. The van der Waals surface area contributed by atoms with E-state index in [0.717, 1.165) is 18.5 Å². The molecule has 62 heavy (non-hydrogen) atoms. The molecule has 0 saturated heterocycles. The summed E-state index contributed by atoms with van der Waals surface area (Å²) in [5.74, 6) is 0. The maximum absolute atomic E-state index is 4.06. The Labute approximate surface area is 362 Å². The maximum atomic E-state index is 4.06. The summed E-state index contributed by atoms with van der Waals surface area (Å²) in [6.07, 6.45) is 6.75. The zero-order valence-corrected chi connectivity index (χ0v) is 35.0. The summed E-state index contributed by atoms with van der Waals surface area (Å²) in [6.45, 7) is 2.31. The third-order valence-corrected chi connectivity index (χ3v) is 13.6. The fourth-order valence-corrected chi connectivity index (χ4v) is 10.5. The largest absolute Gasteiger partial charge is 0.355 e. The van der Waals surface area contributed by atoms with E-state index in [-0.39, 0.29) is 11.7 Å². The lowest BCUT2D eigenvalue weighted by Crippen LogP contribution is -2.53. The van der Waals surface area contributed by atoms with Crippen LogP contribution >= 0.6 is 0 Å². The molecular weight excluding hydrogens is 753 g/mol. The number of hydrogen-bond donors (Lipinski definition) is 1. The third-order valence-electron chi connectivity index (χ3n) is 13.6. The zero-order valence-electron chi connectivity index (χ0n) is 35.0. The molecule has 1 aliphatic heterocycles. The van der Waals surface area contributed by atoms with Crippen LogP contribution in [0.2, 0.25) is 0 Å². The fraction of sp³-hybridized carbons (Fsp3) is 0.103. The number of aryl methyl sites for hydroxylation is 1. The first-order chi connectivity index (χ1) is 30.5. The highest BCUT2D eigenvalue weighted by molar-refractivity contribution is 6.10. The molecule has 0 fully saturated rings. The molecule has 2 aromatic heterocycles. The van der Waals surface area contributed by atoms with Crippen molar-refractivity contribution in [3.8, 4) is 33.6 Å². The van der Waals surface area contributed by atoms with Gasteiger partial charge in [-0.25, -0.2) is 0 Å². The van der Waals surface area contributed by atoms with E-state index in [1.807, 2.05) is 0 Å². The summed E-state index contributed by atoms with van der Waals surface area (Å²) >= 11 is 0. The van der Waals surface area contributed by atoms with Gasteiger partial charge in [0, 0.05) is 46.0 Å². The Kier molecular flexibility index (Phi) is 8.45. The summed E-state index contributed by atoms with van der Waals surface area (Å²) in [5, 5.41) is 7.90. The van der Waals surface area contributed by atoms with Crippen LogP contribution in [-0.2, 0) is 12.0 Å². The zero-order chi connectivity index (χ0) is 41.4.